The van der Waals surface area contributed by atoms with Crippen molar-refractivity contribution >= 4 is 17.5 Å². The first-order valence-electron chi connectivity index (χ1n) is 10.2. The number of Topliss-reactive ketones (excluding diaryl/α,β-unsaturated/α-hetero) is 1. The van der Waals surface area contributed by atoms with Crippen molar-refractivity contribution in [1.82, 2.24) is 0 Å². The molecule has 0 saturated carbocycles. The predicted molar refractivity (Wildman–Crippen MR) is 118 cm³/mol. The maximum absolute atomic E-state index is 13.8. The van der Waals surface area contributed by atoms with Gasteiger partial charge in [-0.25, -0.2) is 0 Å². The molecule has 0 unspecified atom stereocenters. The third kappa shape index (κ3) is 2.76. The van der Waals surface area contributed by atoms with E-state index in [1.54, 1.807) is 0 Å². The molecular weight excluding hydrogens is 370 g/mol. The standard InChI is InChI=1S/C26H25N3O/c1-17-8-7-10-19(14-17)22-23(24(30)25(2,3)4)29-20-11-6-5-9-18(20)12-13-21(29)26(22,15-27)16-28/h5-14,21-23H,1-4H3/t21-,22+,23-/m1/s1. The second kappa shape index (κ2) is 6.85. The van der Waals surface area contributed by atoms with Crippen LogP contribution >= 0.6 is 0 Å². The van der Waals surface area contributed by atoms with Crippen molar-refractivity contribution < 1.29 is 4.79 Å². The fraction of sp³-hybridized carbons (Fsp3) is 0.346. The van der Waals surface area contributed by atoms with Crippen LogP contribution in [0.5, 0.6) is 0 Å². The summed E-state index contributed by atoms with van der Waals surface area (Å²) in [4.78, 5) is 15.9. The fourth-order valence-electron chi connectivity index (χ4n) is 4.92. The number of nitrogens with zero attached hydrogens (tertiary/aromatic N) is 3. The molecule has 30 heavy (non-hydrogen) atoms. The van der Waals surface area contributed by atoms with Gasteiger partial charge in [-0.2, -0.15) is 10.5 Å². The van der Waals surface area contributed by atoms with E-state index in [-0.39, 0.29) is 5.78 Å². The number of para-hydroxylation sites is 1. The van der Waals surface area contributed by atoms with Gasteiger partial charge in [0.25, 0.3) is 0 Å². The third-order valence-electron chi connectivity index (χ3n) is 6.32. The second-order valence-electron chi connectivity index (χ2n) is 9.31. The van der Waals surface area contributed by atoms with E-state index >= 15 is 0 Å². The van der Waals surface area contributed by atoms with Crippen LogP contribution in [-0.4, -0.2) is 17.9 Å². The Morgan fingerprint density at radius 2 is 1.77 bits per heavy atom. The lowest BCUT2D eigenvalue weighted by Crippen LogP contribution is -2.47. The highest BCUT2D eigenvalue weighted by Gasteiger charge is 2.64. The van der Waals surface area contributed by atoms with E-state index in [0.29, 0.717) is 0 Å². The molecule has 2 aliphatic rings. The minimum Gasteiger partial charge on any atom is -0.351 e. The Balaban J connectivity index is 2.04. The number of nitriles is 2. The lowest BCUT2D eigenvalue weighted by molar-refractivity contribution is -0.127. The first-order chi connectivity index (χ1) is 14.2. The molecule has 2 aliphatic heterocycles. The van der Waals surface area contributed by atoms with Crippen molar-refractivity contribution in [2.75, 3.05) is 4.90 Å². The molecule has 0 aromatic heterocycles. The van der Waals surface area contributed by atoms with Crippen LogP contribution in [0, 0.1) is 40.4 Å². The lowest BCUT2D eigenvalue weighted by Gasteiger charge is -2.37. The molecule has 3 atom stereocenters. The summed E-state index contributed by atoms with van der Waals surface area (Å²) >= 11 is 0. The number of anilines is 1. The van der Waals surface area contributed by atoms with Crippen molar-refractivity contribution in [1.29, 1.82) is 10.5 Å². The van der Waals surface area contributed by atoms with Crippen molar-refractivity contribution in [2.24, 2.45) is 10.8 Å². The highest BCUT2D eigenvalue weighted by Crippen LogP contribution is 2.56. The molecule has 1 fully saturated rings. The molecule has 4 heteroatoms. The summed E-state index contributed by atoms with van der Waals surface area (Å²) in [6, 6.07) is 19.4. The van der Waals surface area contributed by atoms with Gasteiger partial charge in [-0.1, -0.05) is 81.0 Å². The molecule has 0 aliphatic carbocycles. The Bertz CT molecular complexity index is 1110. The van der Waals surface area contributed by atoms with Crippen molar-refractivity contribution in [3.8, 4) is 12.1 Å². The van der Waals surface area contributed by atoms with E-state index in [4.69, 9.17) is 0 Å². The van der Waals surface area contributed by atoms with E-state index in [1.165, 1.54) is 0 Å². The summed E-state index contributed by atoms with van der Waals surface area (Å²) in [5.74, 6) is -0.517. The number of fused-ring (bicyclic) bond motifs is 3. The summed E-state index contributed by atoms with van der Waals surface area (Å²) in [5.41, 5.74) is 1.81. The lowest BCUT2D eigenvalue weighted by atomic mass is 9.67. The minimum atomic E-state index is -1.37. The predicted octanol–water partition coefficient (Wildman–Crippen LogP) is 5.01. The largest absolute Gasteiger partial charge is 0.351 e. The van der Waals surface area contributed by atoms with Crippen molar-refractivity contribution in [3.05, 3.63) is 71.3 Å². The number of carbonyl (C=O) groups excluding carboxylic acids is 1. The Hall–Kier alpha value is -3.37. The van der Waals surface area contributed by atoms with Gasteiger partial charge >= 0.3 is 0 Å². The van der Waals surface area contributed by atoms with Crippen LogP contribution in [0.15, 0.2) is 54.6 Å². The molecular formula is C26H25N3O. The zero-order valence-corrected chi connectivity index (χ0v) is 17.8. The van der Waals surface area contributed by atoms with Gasteiger partial charge in [-0.3, -0.25) is 4.79 Å². The Kier molecular flexibility index (Phi) is 4.55. The van der Waals surface area contributed by atoms with Crippen LogP contribution in [-0.2, 0) is 4.79 Å². The number of benzene rings is 2. The zero-order chi connectivity index (χ0) is 21.7. The molecule has 2 aromatic carbocycles. The molecule has 4 nitrogen and oxygen atoms in total. The van der Waals surface area contributed by atoms with Gasteiger partial charge in [0.15, 0.2) is 11.2 Å². The van der Waals surface area contributed by atoms with Crippen LogP contribution in [0.25, 0.3) is 6.08 Å². The van der Waals surface area contributed by atoms with E-state index in [1.807, 2.05) is 93.3 Å². The number of hydrogen-bond acceptors (Lipinski definition) is 4. The van der Waals surface area contributed by atoms with Crippen LogP contribution in [0.4, 0.5) is 5.69 Å². The van der Waals surface area contributed by atoms with Crippen LogP contribution in [0.3, 0.4) is 0 Å². The molecule has 2 heterocycles. The Morgan fingerprint density at radius 3 is 2.40 bits per heavy atom. The topological polar surface area (TPSA) is 67.9 Å². The Labute approximate surface area is 178 Å². The number of aryl methyl sites for hydroxylation is 1. The molecule has 2 aromatic rings. The average molecular weight is 396 g/mol. The first-order valence-corrected chi connectivity index (χ1v) is 10.2. The van der Waals surface area contributed by atoms with E-state index in [9.17, 15) is 15.3 Å². The van der Waals surface area contributed by atoms with Gasteiger partial charge in [-0.05, 0) is 24.1 Å². The van der Waals surface area contributed by atoms with Gasteiger partial charge in [0.1, 0.15) is 0 Å². The smallest absolute Gasteiger partial charge is 0.176 e. The highest BCUT2D eigenvalue weighted by molar-refractivity contribution is 5.96. The zero-order valence-electron chi connectivity index (χ0n) is 17.8. The van der Waals surface area contributed by atoms with E-state index in [2.05, 4.69) is 12.1 Å². The molecule has 0 bridgehead atoms. The maximum atomic E-state index is 13.8. The summed E-state index contributed by atoms with van der Waals surface area (Å²) < 4.78 is 0. The maximum Gasteiger partial charge on any atom is 0.176 e. The molecule has 0 radical (unpaired) electrons. The number of ketones is 1. The molecule has 4 rings (SSSR count). The van der Waals surface area contributed by atoms with Crippen LogP contribution in [0.2, 0.25) is 0 Å². The molecule has 1 saturated heterocycles. The second-order valence-corrected chi connectivity index (χ2v) is 9.31. The van der Waals surface area contributed by atoms with Crippen molar-refractivity contribution in [3.63, 3.8) is 0 Å². The summed E-state index contributed by atoms with van der Waals surface area (Å²) in [6.07, 6.45) is 3.89. The van der Waals surface area contributed by atoms with E-state index in [0.717, 1.165) is 22.4 Å². The number of hydrogen-bond donors (Lipinski definition) is 0. The number of rotatable bonds is 2. The summed E-state index contributed by atoms with van der Waals surface area (Å²) in [7, 11) is 0. The molecule has 0 amide bonds. The SMILES string of the molecule is Cc1cccc([C@H]2[C@H](C(=O)C(C)(C)C)N3c4ccccc4C=C[C@@H]3C2(C#N)C#N)c1. The molecule has 0 N–H and O–H groups in total. The quantitative estimate of drug-likeness (QED) is 0.717. The first kappa shape index (κ1) is 19.9. The van der Waals surface area contributed by atoms with E-state index < -0.39 is 28.8 Å². The number of carbonyl (C=O) groups is 1. The van der Waals surface area contributed by atoms with Gasteiger partial charge in [-0.15, -0.1) is 0 Å². The summed E-state index contributed by atoms with van der Waals surface area (Å²) in [6.45, 7) is 7.70. The third-order valence-corrected chi connectivity index (χ3v) is 6.32. The molecule has 0 spiro atoms. The average Bonchev–Trinajstić information content (AvgIpc) is 3.03. The summed E-state index contributed by atoms with van der Waals surface area (Å²) in [5, 5.41) is 20.7. The Morgan fingerprint density at radius 1 is 1.07 bits per heavy atom. The highest BCUT2D eigenvalue weighted by atomic mass is 16.1. The van der Waals surface area contributed by atoms with Gasteiger partial charge in [0, 0.05) is 17.0 Å². The normalized spacial score (nSPS) is 23.8. The van der Waals surface area contributed by atoms with Gasteiger partial charge in [0.05, 0.1) is 24.2 Å². The van der Waals surface area contributed by atoms with Gasteiger partial charge < -0.3 is 4.90 Å². The van der Waals surface area contributed by atoms with Crippen molar-refractivity contribution in [2.45, 2.75) is 45.7 Å². The monoisotopic (exact) mass is 395 g/mol. The fourth-order valence-corrected chi connectivity index (χ4v) is 4.92. The minimum absolute atomic E-state index is 0.0384. The van der Waals surface area contributed by atoms with Crippen LogP contribution < -0.4 is 4.90 Å². The van der Waals surface area contributed by atoms with Crippen LogP contribution in [0.1, 0.15) is 43.4 Å². The van der Waals surface area contributed by atoms with Gasteiger partial charge in [0.2, 0.25) is 0 Å². The molecule has 150 valence electrons.